The molecule has 0 aliphatic carbocycles. The number of ether oxygens (including phenoxy) is 1. The van der Waals surface area contributed by atoms with E-state index in [-0.39, 0.29) is 18.3 Å². The van der Waals surface area contributed by atoms with Gasteiger partial charge in [0, 0.05) is 12.5 Å². The molecule has 3 N–H and O–H groups in total. The van der Waals surface area contributed by atoms with Crippen LogP contribution in [0.3, 0.4) is 0 Å². The number of halogens is 1. The van der Waals surface area contributed by atoms with Crippen LogP contribution >= 0.6 is 0 Å². The first kappa shape index (κ1) is 14.5. The van der Waals surface area contributed by atoms with Crippen molar-refractivity contribution in [3.63, 3.8) is 0 Å². The van der Waals surface area contributed by atoms with Crippen molar-refractivity contribution in [3.05, 3.63) is 65.5 Å². The van der Waals surface area contributed by atoms with Crippen LogP contribution in [0.25, 0.3) is 0 Å². The second-order valence-corrected chi connectivity index (χ2v) is 4.62. The second kappa shape index (κ2) is 6.50. The first-order chi connectivity index (χ1) is 9.65. The summed E-state index contributed by atoms with van der Waals surface area (Å²) in [5.41, 5.74) is 7.16. The van der Waals surface area contributed by atoms with Crippen LogP contribution in [-0.4, -0.2) is 18.8 Å². The van der Waals surface area contributed by atoms with Crippen molar-refractivity contribution in [1.29, 1.82) is 0 Å². The van der Waals surface area contributed by atoms with E-state index in [9.17, 15) is 9.50 Å². The van der Waals surface area contributed by atoms with E-state index in [1.165, 1.54) is 12.1 Å². The monoisotopic (exact) mass is 275 g/mol. The van der Waals surface area contributed by atoms with Gasteiger partial charge in [-0.05, 0) is 35.4 Å². The standard InChI is InChI=1S/C16H18FNO2/c1-20-14-7-3-4-11(9-14)15(10-18)16(19)12-5-2-6-13(17)8-12/h2-9,15-16,19H,10,18H2,1H3. The molecule has 3 nitrogen and oxygen atoms in total. The molecule has 0 aromatic heterocycles. The summed E-state index contributed by atoms with van der Waals surface area (Å²) in [6, 6.07) is 13.3. The summed E-state index contributed by atoms with van der Waals surface area (Å²) in [7, 11) is 1.58. The molecule has 2 aromatic carbocycles. The van der Waals surface area contributed by atoms with Gasteiger partial charge in [0.1, 0.15) is 11.6 Å². The number of nitrogens with two attached hydrogens (primary N) is 1. The van der Waals surface area contributed by atoms with Gasteiger partial charge < -0.3 is 15.6 Å². The van der Waals surface area contributed by atoms with E-state index in [0.29, 0.717) is 11.3 Å². The molecule has 0 saturated carbocycles. The molecule has 2 rings (SSSR count). The molecular formula is C16H18FNO2. The maximum absolute atomic E-state index is 13.3. The topological polar surface area (TPSA) is 55.5 Å². The van der Waals surface area contributed by atoms with E-state index in [0.717, 1.165) is 5.56 Å². The molecule has 0 radical (unpaired) electrons. The van der Waals surface area contributed by atoms with E-state index < -0.39 is 6.10 Å². The first-order valence-corrected chi connectivity index (χ1v) is 6.43. The van der Waals surface area contributed by atoms with Crippen LogP contribution < -0.4 is 10.5 Å². The Morgan fingerprint density at radius 3 is 2.50 bits per heavy atom. The van der Waals surface area contributed by atoms with Crippen LogP contribution in [0.15, 0.2) is 48.5 Å². The molecule has 0 bridgehead atoms. The fourth-order valence-electron chi connectivity index (χ4n) is 2.24. The molecule has 0 aliphatic heterocycles. The summed E-state index contributed by atoms with van der Waals surface area (Å²) in [5, 5.41) is 10.4. The summed E-state index contributed by atoms with van der Waals surface area (Å²) in [4.78, 5) is 0. The summed E-state index contributed by atoms with van der Waals surface area (Å²) in [6.45, 7) is 0.255. The Kier molecular flexibility index (Phi) is 4.71. The molecule has 2 unspecified atom stereocenters. The molecule has 0 fully saturated rings. The van der Waals surface area contributed by atoms with E-state index in [1.54, 1.807) is 19.2 Å². The molecule has 0 heterocycles. The van der Waals surface area contributed by atoms with E-state index in [4.69, 9.17) is 10.5 Å². The molecule has 4 heteroatoms. The SMILES string of the molecule is COc1cccc(C(CN)C(O)c2cccc(F)c2)c1. The zero-order valence-corrected chi connectivity index (χ0v) is 11.3. The number of hydrogen-bond donors (Lipinski definition) is 2. The van der Waals surface area contributed by atoms with Crippen LogP contribution in [0.4, 0.5) is 4.39 Å². The molecule has 2 aromatic rings. The lowest BCUT2D eigenvalue weighted by Gasteiger charge is -2.22. The van der Waals surface area contributed by atoms with Gasteiger partial charge in [-0.1, -0.05) is 24.3 Å². The fraction of sp³-hybridized carbons (Fsp3) is 0.250. The van der Waals surface area contributed by atoms with E-state index >= 15 is 0 Å². The van der Waals surface area contributed by atoms with E-state index in [2.05, 4.69) is 0 Å². The van der Waals surface area contributed by atoms with Crippen molar-refractivity contribution in [1.82, 2.24) is 0 Å². The molecule has 2 atom stereocenters. The highest BCUT2D eigenvalue weighted by Gasteiger charge is 2.22. The van der Waals surface area contributed by atoms with Crippen LogP contribution in [0.1, 0.15) is 23.1 Å². The van der Waals surface area contributed by atoms with Crippen LogP contribution in [-0.2, 0) is 0 Å². The van der Waals surface area contributed by atoms with Crippen molar-refractivity contribution in [2.75, 3.05) is 13.7 Å². The van der Waals surface area contributed by atoms with Gasteiger partial charge in [-0.2, -0.15) is 0 Å². The Bertz CT molecular complexity index is 574. The zero-order valence-electron chi connectivity index (χ0n) is 11.3. The minimum atomic E-state index is -0.859. The molecule has 20 heavy (non-hydrogen) atoms. The van der Waals surface area contributed by atoms with Crippen molar-refractivity contribution in [2.45, 2.75) is 12.0 Å². The number of aliphatic hydroxyl groups is 1. The molecule has 0 spiro atoms. The molecular weight excluding hydrogens is 257 g/mol. The predicted octanol–water partition coefficient (Wildman–Crippen LogP) is 2.61. The van der Waals surface area contributed by atoms with Gasteiger partial charge in [-0.15, -0.1) is 0 Å². The lowest BCUT2D eigenvalue weighted by atomic mass is 9.89. The average Bonchev–Trinajstić information content (AvgIpc) is 2.48. The predicted molar refractivity (Wildman–Crippen MR) is 76.1 cm³/mol. The quantitative estimate of drug-likeness (QED) is 0.882. The smallest absolute Gasteiger partial charge is 0.123 e. The number of hydrogen-bond acceptors (Lipinski definition) is 3. The normalized spacial score (nSPS) is 13.8. The summed E-state index contributed by atoms with van der Waals surface area (Å²) < 4.78 is 18.4. The van der Waals surface area contributed by atoms with Crippen molar-refractivity contribution >= 4 is 0 Å². The third-order valence-corrected chi connectivity index (χ3v) is 3.35. The van der Waals surface area contributed by atoms with Gasteiger partial charge in [0.05, 0.1) is 13.2 Å². The van der Waals surface area contributed by atoms with Gasteiger partial charge in [-0.3, -0.25) is 0 Å². The zero-order chi connectivity index (χ0) is 14.5. The number of rotatable bonds is 5. The Balaban J connectivity index is 2.31. The number of benzene rings is 2. The lowest BCUT2D eigenvalue weighted by molar-refractivity contribution is 0.147. The van der Waals surface area contributed by atoms with Gasteiger partial charge in [0.15, 0.2) is 0 Å². The fourth-order valence-corrected chi connectivity index (χ4v) is 2.24. The Labute approximate surface area is 117 Å². The first-order valence-electron chi connectivity index (χ1n) is 6.43. The highest BCUT2D eigenvalue weighted by Crippen LogP contribution is 2.31. The summed E-state index contributed by atoms with van der Waals surface area (Å²) >= 11 is 0. The maximum atomic E-state index is 13.3. The highest BCUT2D eigenvalue weighted by molar-refractivity contribution is 5.33. The average molecular weight is 275 g/mol. The van der Waals surface area contributed by atoms with Crippen LogP contribution in [0.5, 0.6) is 5.75 Å². The minimum Gasteiger partial charge on any atom is -0.497 e. The third-order valence-electron chi connectivity index (χ3n) is 3.35. The van der Waals surface area contributed by atoms with Crippen LogP contribution in [0, 0.1) is 5.82 Å². The molecule has 0 saturated heterocycles. The van der Waals surface area contributed by atoms with Crippen molar-refractivity contribution in [2.24, 2.45) is 5.73 Å². The Hall–Kier alpha value is -1.91. The molecule has 106 valence electrons. The van der Waals surface area contributed by atoms with Crippen LogP contribution in [0.2, 0.25) is 0 Å². The van der Waals surface area contributed by atoms with Crippen molar-refractivity contribution in [3.8, 4) is 5.75 Å². The van der Waals surface area contributed by atoms with Gasteiger partial charge in [-0.25, -0.2) is 4.39 Å². The van der Waals surface area contributed by atoms with Gasteiger partial charge in [0.25, 0.3) is 0 Å². The molecule has 0 amide bonds. The second-order valence-electron chi connectivity index (χ2n) is 4.62. The molecule has 0 aliphatic rings. The minimum absolute atomic E-state index is 0.255. The third kappa shape index (κ3) is 3.15. The van der Waals surface area contributed by atoms with Gasteiger partial charge in [0.2, 0.25) is 0 Å². The number of methoxy groups -OCH3 is 1. The summed E-state index contributed by atoms with van der Waals surface area (Å²) in [6.07, 6.45) is -0.859. The number of aliphatic hydroxyl groups excluding tert-OH is 1. The van der Waals surface area contributed by atoms with Gasteiger partial charge >= 0.3 is 0 Å². The lowest BCUT2D eigenvalue weighted by Crippen LogP contribution is -2.20. The summed E-state index contributed by atoms with van der Waals surface area (Å²) in [5.74, 6) is 0.0160. The van der Waals surface area contributed by atoms with E-state index in [1.807, 2.05) is 24.3 Å². The Morgan fingerprint density at radius 1 is 1.15 bits per heavy atom. The Morgan fingerprint density at radius 2 is 1.85 bits per heavy atom. The maximum Gasteiger partial charge on any atom is 0.123 e. The van der Waals surface area contributed by atoms with Crippen molar-refractivity contribution < 1.29 is 14.2 Å². The highest BCUT2D eigenvalue weighted by atomic mass is 19.1. The largest absolute Gasteiger partial charge is 0.497 e.